The first kappa shape index (κ1) is 19.1. The van der Waals surface area contributed by atoms with E-state index in [1.54, 1.807) is 32.5 Å². The van der Waals surface area contributed by atoms with Gasteiger partial charge in [-0.2, -0.15) is 4.98 Å². The summed E-state index contributed by atoms with van der Waals surface area (Å²) in [5.74, 6) is 2.58. The standard InChI is InChI=1S/C18H25ClN4O2/c1-5-9-23(10-6-2)18-20-8-7-17(22-18)21-14-12-15(24-3)13(19)11-16(14)25-4/h7-8,11-12H,5-6,9-10H2,1-4H3,(H,20,21,22). The first-order valence-corrected chi connectivity index (χ1v) is 8.77. The fourth-order valence-electron chi connectivity index (χ4n) is 2.52. The van der Waals surface area contributed by atoms with Gasteiger partial charge >= 0.3 is 0 Å². The average molecular weight is 365 g/mol. The number of benzene rings is 1. The maximum atomic E-state index is 6.15. The number of ether oxygens (including phenoxy) is 2. The molecule has 2 aromatic rings. The summed E-state index contributed by atoms with van der Waals surface area (Å²) in [7, 11) is 3.17. The van der Waals surface area contributed by atoms with Crippen molar-refractivity contribution in [2.24, 2.45) is 0 Å². The summed E-state index contributed by atoms with van der Waals surface area (Å²) in [5, 5.41) is 3.75. The molecular weight excluding hydrogens is 340 g/mol. The second-order valence-electron chi connectivity index (χ2n) is 5.54. The number of hydrogen-bond donors (Lipinski definition) is 1. The number of rotatable bonds is 9. The molecule has 0 atom stereocenters. The number of nitrogens with one attached hydrogen (secondary N) is 1. The molecule has 0 aliphatic carbocycles. The lowest BCUT2D eigenvalue weighted by molar-refractivity contribution is 0.405. The van der Waals surface area contributed by atoms with Crippen LogP contribution in [0.25, 0.3) is 0 Å². The van der Waals surface area contributed by atoms with E-state index in [2.05, 4.69) is 34.0 Å². The van der Waals surface area contributed by atoms with Crippen LogP contribution in [0.5, 0.6) is 11.5 Å². The fourth-order valence-corrected chi connectivity index (χ4v) is 2.75. The van der Waals surface area contributed by atoms with E-state index in [0.717, 1.165) is 31.6 Å². The number of methoxy groups -OCH3 is 2. The molecule has 0 aliphatic rings. The van der Waals surface area contributed by atoms with Crippen LogP contribution in [-0.2, 0) is 0 Å². The highest BCUT2D eigenvalue weighted by Crippen LogP contribution is 2.37. The lowest BCUT2D eigenvalue weighted by atomic mass is 10.2. The van der Waals surface area contributed by atoms with E-state index < -0.39 is 0 Å². The zero-order valence-electron chi connectivity index (χ0n) is 15.2. The number of nitrogens with zero attached hydrogens (tertiary/aromatic N) is 3. The van der Waals surface area contributed by atoms with Gasteiger partial charge in [-0.05, 0) is 18.9 Å². The van der Waals surface area contributed by atoms with Crippen molar-refractivity contribution in [3.05, 3.63) is 29.4 Å². The summed E-state index contributed by atoms with van der Waals surface area (Å²) in [5.41, 5.74) is 0.728. The molecule has 6 nitrogen and oxygen atoms in total. The molecule has 0 aliphatic heterocycles. The average Bonchev–Trinajstić information content (AvgIpc) is 2.63. The minimum Gasteiger partial charge on any atom is -0.495 e. The van der Waals surface area contributed by atoms with Crippen LogP contribution in [0.1, 0.15) is 26.7 Å². The Hall–Kier alpha value is -2.21. The van der Waals surface area contributed by atoms with Crippen LogP contribution < -0.4 is 19.7 Å². The molecule has 136 valence electrons. The van der Waals surface area contributed by atoms with Gasteiger partial charge < -0.3 is 19.7 Å². The molecule has 0 spiro atoms. The van der Waals surface area contributed by atoms with Gasteiger partial charge in [-0.25, -0.2) is 4.98 Å². The zero-order valence-corrected chi connectivity index (χ0v) is 15.9. The zero-order chi connectivity index (χ0) is 18.2. The lowest BCUT2D eigenvalue weighted by Crippen LogP contribution is -2.27. The molecule has 0 amide bonds. The molecule has 0 bridgehead atoms. The number of halogens is 1. The Morgan fingerprint density at radius 2 is 1.76 bits per heavy atom. The highest BCUT2D eigenvalue weighted by molar-refractivity contribution is 6.32. The van der Waals surface area contributed by atoms with Crippen molar-refractivity contribution in [1.82, 2.24) is 9.97 Å². The van der Waals surface area contributed by atoms with Gasteiger partial charge in [0.05, 0.1) is 24.9 Å². The Morgan fingerprint density at radius 1 is 1.08 bits per heavy atom. The number of hydrogen-bond acceptors (Lipinski definition) is 6. The Bertz CT molecular complexity index is 691. The summed E-state index contributed by atoms with van der Waals surface area (Å²) >= 11 is 6.15. The fraction of sp³-hybridized carbons (Fsp3) is 0.444. The van der Waals surface area contributed by atoms with E-state index in [4.69, 9.17) is 21.1 Å². The number of aromatic nitrogens is 2. The molecule has 1 aromatic heterocycles. The molecule has 1 aromatic carbocycles. The molecule has 0 radical (unpaired) electrons. The highest BCUT2D eigenvalue weighted by atomic mass is 35.5. The smallest absolute Gasteiger partial charge is 0.227 e. The minimum atomic E-state index is 0.491. The maximum Gasteiger partial charge on any atom is 0.227 e. The molecule has 7 heteroatoms. The number of anilines is 3. The summed E-state index contributed by atoms with van der Waals surface area (Å²) in [6.07, 6.45) is 3.84. The third-order valence-electron chi connectivity index (χ3n) is 3.65. The van der Waals surface area contributed by atoms with Crippen molar-refractivity contribution < 1.29 is 9.47 Å². The molecular formula is C18H25ClN4O2. The Labute approximate surface area is 154 Å². The van der Waals surface area contributed by atoms with Crippen LogP contribution in [0.4, 0.5) is 17.5 Å². The first-order chi connectivity index (χ1) is 12.1. The van der Waals surface area contributed by atoms with Crippen LogP contribution in [-0.4, -0.2) is 37.3 Å². The molecule has 0 saturated heterocycles. The normalized spacial score (nSPS) is 10.4. The van der Waals surface area contributed by atoms with Gasteiger partial charge in [-0.15, -0.1) is 0 Å². The third kappa shape index (κ3) is 4.89. The van der Waals surface area contributed by atoms with Gasteiger partial charge in [0.2, 0.25) is 5.95 Å². The van der Waals surface area contributed by atoms with Gasteiger partial charge in [-0.1, -0.05) is 25.4 Å². The molecule has 1 heterocycles. The molecule has 25 heavy (non-hydrogen) atoms. The third-order valence-corrected chi connectivity index (χ3v) is 3.94. The van der Waals surface area contributed by atoms with Crippen LogP contribution in [0.3, 0.4) is 0 Å². The van der Waals surface area contributed by atoms with Gasteiger partial charge in [0.25, 0.3) is 0 Å². The van der Waals surface area contributed by atoms with E-state index in [-0.39, 0.29) is 0 Å². The van der Waals surface area contributed by atoms with E-state index in [9.17, 15) is 0 Å². The predicted molar refractivity (Wildman–Crippen MR) is 103 cm³/mol. The Balaban J connectivity index is 2.30. The summed E-state index contributed by atoms with van der Waals surface area (Å²) in [6.45, 7) is 6.15. The second-order valence-corrected chi connectivity index (χ2v) is 5.95. The van der Waals surface area contributed by atoms with Crippen molar-refractivity contribution in [2.75, 3.05) is 37.5 Å². The SMILES string of the molecule is CCCN(CCC)c1nccc(Nc2cc(OC)c(Cl)cc2OC)n1. The van der Waals surface area contributed by atoms with Crippen LogP contribution >= 0.6 is 11.6 Å². The minimum absolute atomic E-state index is 0.491. The highest BCUT2D eigenvalue weighted by Gasteiger charge is 2.12. The van der Waals surface area contributed by atoms with Crippen molar-refractivity contribution in [3.63, 3.8) is 0 Å². The van der Waals surface area contributed by atoms with E-state index >= 15 is 0 Å². The molecule has 0 unspecified atom stereocenters. The maximum absolute atomic E-state index is 6.15. The van der Waals surface area contributed by atoms with Crippen molar-refractivity contribution in [2.45, 2.75) is 26.7 Å². The topological polar surface area (TPSA) is 59.5 Å². The van der Waals surface area contributed by atoms with E-state index in [1.807, 2.05) is 6.07 Å². The largest absolute Gasteiger partial charge is 0.495 e. The molecule has 2 rings (SSSR count). The van der Waals surface area contributed by atoms with E-state index in [0.29, 0.717) is 28.3 Å². The van der Waals surface area contributed by atoms with Crippen molar-refractivity contribution in [1.29, 1.82) is 0 Å². The molecule has 0 fully saturated rings. The monoisotopic (exact) mass is 364 g/mol. The molecule has 0 saturated carbocycles. The van der Waals surface area contributed by atoms with E-state index in [1.165, 1.54) is 0 Å². The summed E-state index contributed by atoms with van der Waals surface area (Å²) in [4.78, 5) is 11.2. The summed E-state index contributed by atoms with van der Waals surface area (Å²) in [6, 6.07) is 5.32. The van der Waals surface area contributed by atoms with Gasteiger partial charge in [0, 0.05) is 31.4 Å². The second kappa shape index (κ2) is 9.32. The first-order valence-electron chi connectivity index (χ1n) is 8.39. The van der Waals surface area contributed by atoms with Gasteiger partial charge in [-0.3, -0.25) is 0 Å². The Kier molecular flexibility index (Phi) is 7.13. The quantitative estimate of drug-likeness (QED) is 0.706. The van der Waals surface area contributed by atoms with Crippen molar-refractivity contribution in [3.8, 4) is 11.5 Å². The van der Waals surface area contributed by atoms with Crippen LogP contribution in [0, 0.1) is 0 Å². The predicted octanol–water partition coefficient (Wildman–Crippen LogP) is 4.52. The molecule has 1 N–H and O–H groups in total. The lowest BCUT2D eigenvalue weighted by Gasteiger charge is -2.21. The van der Waals surface area contributed by atoms with Crippen LogP contribution in [0.2, 0.25) is 5.02 Å². The van der Waals surface area contributed by atoms with Crippen LogP contribution in [0.15, 0.2) is 24.4 Å². The van der Waals surface area contributed by atoms with Crippen molar-refractivity contribution >= 4 is 29.1 Å². The summed E-state index contributed by atoms with van der Waals surface area (Å²) < 4.78 is 10.7. The Morgan fingerprint density at radius 3 is 2.36 bits per heavy atom. The van der Waals surface area contributed by atoms with Gasteiger partial charge in [0.1, 0.15) is 17.3 Å². The van der Waals surface area contributed by atoms with Gasteiger partial charge in [0.15, 0.2) is 0 Å².